The molecule has 0 radical (unpaired) electrons. The number of rotatable bonds is 1. The van der Waals surface area contributed by atoms with Crippen LogP contribution in [0.3, 0.4) is 0 Å². The van der Waals surface area contributed by atoms with Crippen LogP contribution in [0.2, 0.25) is 0 Å². The van der Waals surface area contributed by atoms with Gasteiger partial charge in [-0.2, -0.15) is 5.26 Å². The smallest absolute Gasteiger partial charge is 0.127 e. The van der Waals surface area contributed by atoms with Gasteiger partial charge in [-0.3, -0.25) is 0 Å². The quantitative estimate of drug-likeness (QED) is 0.813. The lowest BCUT2D eigenvalue weighted by atomic mass is 9.90. The molecule has 0 aromatic heterocycles. The Morgan fingerprint density at radius 1 is 1.24 bits per heavy atom. The molecule has 0 bridgehead atoms. The highest BCUT2D eigenvalue weighted by molar-refractivity contribution is 5.88. The van der Waals surface area contributed by atoms with E-state index in [9.17, 15) is 10.4 Å². The fraction of sp³-hybridized carbons (Fsp3) is 0.167. The van der Waals surface area contributed by atoms with E-state index in [2.05, 4.69) is 6.07 Å². The van der Waals surface area contributed by atoms with E-state index in [-0.39, 0.29) is 6.61 Å². The summed E-state index contributed by atoms with van der Waals surface area (Å²) in [5.41, 5.74) is 5.33. The number of fused-ring (bicyclic) bond motifs is 2. The molecule has 104 valence electrons. The Morgan fingerprint density at radius 2 is 2.05 bits per heavy atom. The lowest BCUT2D eigenvalue weighted by Gasteiger charge is -2.11. The maximum absolute atomic E-state index is 9.34. The summed E-state index contributed by atoms with van der Waals surface area (Å²) in [5, 5.41) is 18.6. The third-order valence-corrected chi connectivity index (χ3v) is 3.70. The number of nitrogens with zero attached hydrogens (tertiary/aromatic N) is 1. The number of allylic oxidation sites excluding steroid dienone is 1. The number of para-hydroxylation sites is 1. The zero-order chi connectivity index (χ0) is 14.8. The van der Waals surface area contributed by atoms with Gasteiger partial charge in [-0.05, 0) is 35.7 Å². The number of nitriles is 1. The van der Waals surface area contributed by atoms with Crippen molar-refractivity contribution in [1.29, 1.82) is 5.26 Å². The number of hydrogen-bond acceptors (Lipinski definition) is 3. The van der Waals surface area contributed by atoms with Crippen molar-refractivity contribution in [1.82, 2.24) is 0 Å². The summed E-state index contributed by atoms with van der Waals surface area (Å²) in [7, 11) is 0. The number of benzene rings is 2. The maximum Gasteiger partial charge on any atom is 0.127 e. The number of hydrogen-bond donors (Lipinski definition) is 1. The minimum Gasteiger partial charge on any atom is -0.488 e. The van der Waals surface area contributed by atoms with Crippen LogP contribution in [0.4, 0.5) is 0 Å². The third kappa shape index (κ3) is 2.31. The monoisotopic (exact) mass is 277 g/mol. The average molecular weight is 277 g/mol. The lowest BCUT2D eigenvalue weighted by Crippen LogP contribution is -1.98. The van der Waals surface area contributed by atoms with Crippen LogP contribution in [0.25, 0.3) is 5.57 Å². The molecule has 2 aromatic rings. The molecule has 1 aliphatic rings. The van der Waals surface area contributed by atoms with E-state index in [1.807, 2.05) is 49.4 Å². The molecule has 0 aliphatic carbocycles. The SMILES string of the molecule is CC(C#N)=C1c2ccc(CO)cc2COc2ccccc21. The molecule has 0 unspecified atom stereocenters. The van der Waals surface area contributed by atoms with E-state index < -0.39 is 0 Å². The zero-order valence-electron chi connectivity index (χ0n) is 11.8. The minimum absolute atomic E-state index is 0.00346. The van der Waals surface area contributed by atoms with E-state index >= 15 is 0 Å². The third-order valence-electron chi connectivity index (χ3n) is 3.70. The van der Waals surface area contributed by atoms with Gasteiger partial charge in [0.25, 0.3) is 0 Å². The first-order valence-corrected chi connectivity index (χ1v) is 6.81. The van der Waals surface area contributed by atoms with Crippen molar-refractivity contribution in [3.63, 3.8) is 0 Å². The molecule has 0 saturated carbocycles. The average Bonchev–Trinajstić information content (AvgIpc) is 2.70. The molecule has 3 nitrogen and oxygen atoms in total. The molecule has 0 fully saturated rings. The van der Waals surface area contributed by atoms with Gasteiger partial charge in [0.2, 0.25) is 0 Å². The van der Waals surface area contributed by atoms with Crippen LogP contribution in [0, 0.1) is 11.3 Å². The fourth-order valence-electron chi connectivity index (χ4n) is 2.67. The molecular formula is C18H15NO2. The molecule has 1 aliphatic heterocycles. The van der Waals surface area contributed by atoms with E-state index in [1.54, 1.807) is 0 Å². The molecule has 1 N–H and O–H groups in total. The van der Waals surface area contributed by atoms with Crippen molar-refractivity contribution in [3.8, 4) is 11.8 Å². The Hall–Kier alpha value is -2.57. The lowest BCUT2D eigenvalue weighted by molar-refractivity contribution is 0.280. The summed E-state index contributed by atoms with van der Waals surface area (Å²) in [4.78, 5) is 0. The van der Waals surface area contributed by atoms with E-state index in [4.69, 9.17) is 4.74 Å². The Labute approximate surface area is 123 Å². The normalized spacial score (nSPS) is 15.1. The van der Waals surface area contributed by atoms with Crippen LogP contribution >= 0.6 is 0 Å². The molecule has 3 heteroatoms. The first-order chi connectivity index (χ1) is 10.2. The highest BCUT2D eigenvalue weighted by Gasteiger charge is 2.21. The van der Waals surface area contributed by atoms with Crippen molar-refractivity contribution in [2.75, 3.05) is 0 Å². The van der Waals surface area contributed by atoms with Crippen LogP contribution < -0.4 is 4.74 Å². The molecule has 1 heterocycles. The molecular weight excluding hydrogens is 262 g/mol. The summed E-state index contributed by atoms with van der Waals surface area (Å²) in [6.07, 6.45) is 0. The second-order valence-electron chi connectivity index (χ2n) is 5.05. The standard InChI is InChI=1S/C18H15NO2/c1-12(9-19)18-15-7-6-13(10-20)8-14(15)11-21-17-5-3-2-4-16(17)18/h2-8,20H,10-11H2,1H3. The van der Waals surface area contributed by atoms with Crippen molar-refractivity contribution in [2.45, 2.75) is 20.1 Å². The van der Waals surface area contributed by atoms with Gasteiger partial charge in [0.1, 0.15) is 12.4 Å². The topological polar surface area (TPSA) is 53.2 Å². The van der Waals surface area contributed by atoms with Crippen LogP contribution in [0.1, 0.15) is 29.2 Å². The van der Waals surface area contributed by atoms with E-state index in [0.717, 1.165) is 33.6 Å². The summed E-state index contributed by atoms with van der Waals surface area (Å²) in [5.74, 6) is 0.781. The highest BCUT2D eigenvalue weighted by Crippen LogP contribution is 2.38. The Bertz CT molecular complexity index is 769. The van der Waals surface area contributed by atoms with E-state index in [1.165, 1.54) is 0 Å². The Balaban J connectivity index is 2.30. The molecule has 0 atom stereocenters. The first kappa shape index (κ1) is 13.4. The van der Waals surface area contributed by atoms with Crippen molar-refractivity contribution in [2.24, 2.45) is 0 Å². The summed E-state index contributed by atoms with van der Waals surface area (Å²) >= 11 is 0. The van der Waals surface area contributed by atoms with Gasteiger partial charge in [-0.15, -0.1) is 0 Å². The predicted octanol–water partition coefficient (Wildman–Crippen LogP) is 3.42. The summed E-state index contributed by atoms with van der Waals surface area (Å²) in [6.45, 7) is 2.25. The summed E-state index contributed by atoms with van der Waals surface area (Å²) < 4.78 is 5.87. The van der Waals surface area contributed by atoms with Gasteiger partial charge < -0.3 is 9.84 Å². The molecule has 3 rings (SSSR count). The molecule has 2 aromatic carbocycles. The minimum atomic E-state index is -0.00346. The summed E-state index contributed by atoms with van der Waals surface area (Å²) in [6, 6.07) is 15.8. The molecule has 0 spiro atoms. The molecule has 21 heavy (non-hydrogen) atoms. The second-order valence-corrected chi connectivity index (χ2v) is 5.05. The predicted molar refractivity (Wildman–Crippen MR) is 80.4 cm³/mol. The zero-order valence-corrected chi connectivity index (χ0v) is 11.8. The largest absolute Gasteiger partial charge is 0.488 e. The second kappa shape index (κ2) is 5.43. The van der Waals surface area contributed by atoms with Gasteiger partial charge >= 0.3 is 0 Å². The molecule has 0 saturated heterocycles. The van der Waals surface area contributed by atoms with E-state index in [0.29, 0.717) is 12.2 Å². The van der Waals surface area contributed by atoms with Gasteiger partial charge in [-0.25, -0.2) is 0 Å². The molecule has 0 amide bonds. The van der Waals surface area contributed by atoms with Crippen molar-refractivity contribution >= 4 is 5.57 Å². The Morgan fingerprint density at radius 3 is 2.81 bits per heavy atom. The Kier molecular flexibility index (Phi) is 3.47. The van der Waals surface area contributed by atoms with Gasteiger partial charge in [0.15, 0.2) is 0 Å². The van der Waals surface area contributed by atoms with Crippen molar-refractivity contribution < 1.29 is 9.84 Å². The van der Waals surface area contributed by atoms with Crippen LogP contribution in [-0.4, -0.2) is 5.11 Å². The first-order valence-electron chi connectivity index (χ1n) is 6.81. The van der Waals surface area contributed by atoms with Crippen LogP contribution in [0.15, 0.2) is 48.0 Å². The number of aliphatic hydroxyl groups is 1. The fourth-order valence-corrected chi connectivity index (χ4v) is 2.67. The number of ether oxygens (including phenoxy) is 1. The van der Waals surface area contributed by atoms with Gasteiger partial charge in [0.05, 0.1) is 12.7 Å². The van der Waals surface area contributed by atoms with Gasteiger partial charge in [-0.1, -0.05) is 30.3 Å². The van der Waals surface area contributed by atoms with Crippen LogP contribution in [-0.2, 0) is 13.2 Å². The van der Waals surface area contributed by atoms with Crippen LogP contribution in [0.5, 0.6) is 5.75 Å². The van der Waals surface area contributed by atoms with Crippen molar-refractivity contribution in [3.05, 3.63) is 70.3 Å². The van der Waals surface area contributed by atoms with Gasteiger partial charge in [0, 0.05) is 16.7 Å². The number of aliphatic hydroxyl groups excluding tert-OH is 1. The maximum atomic E-state index is 9.34. The highest BCUT2D eigenvalue weighted by atomic mass is 16.5.